The quantitative estimate of drug-likeness (QED) is 0.872. The molecule has 1 atom stereocenters. The third-order valence-corrected chi connectivity index (χ3v) is 4.30. The Morgan fingerprint density at radius 2 is 2.31 bits per heavy atom. The molecular formula is C12H16N2S2. The summed E-state index contributed by atoms with van der Waals surface area (Å²) < 4.78 is 0. The van der Waals surface area contributed by atoms with E-state index in [4.69, 9.17) is 0 Å². The molecule has 0 bridgehead atoms. The van der Waals surface area contributed by atoms with Crippen molar-refractivity contribution in [3.05, 3.63) is 28.6 Å². The Kier molecular flexibility index (Phi) is 4.09. The molecule has 0 aromatic carbocycles. The zero-order chi connectivity index (χ0) is 11.4. The zero-order valence-corrected chi connectivity index (χ0v) is 11.2. The van der Waals surface area contributed by atoms with Gasteiger partial charge in [-0.15, -0.1) is 22.7 Å². The Bertz CT molecular complexity index is 420. The molecule has 1 unspecified atom stereocenters. The number of nitrogens with zero attached hydrogens (tertiary/aromatic N) is 1. The van der Waals surface area contributed by atoms with Crippen LogP contribution in [0.3, 0.4) is 0 Å². The van der Waals surface area contributed by atoms with Gasteiger partial charge in [0.15, 0.2) is 0 Å². The van der Waals surface area contributed by atoms with E-state index in [0.717, 1.165) is 23.7 Å². The van der Waals surface area contributed by atoms with Gasteiger partial charge < -0.3 is 5.32 Å². The van der Waals surface area contributed by atoms with E-state index in [1.165, 1.54) is 4.88 Å². The van der Waals surface area contributed by atoms with Crippen LogP contribution < -0.4 is 5.32 Å². The van der Waals surface area contributed by atoms with Crippen LogP contribution in [0.25, 0.3) is 9.88 Å². The average Bonchev–Trinajstić information content (AvgIpc) is 2.94. The number of thiazole rings is 1. The van der Waals surface area contributed by atoms with Crippen molar-refractivity contribution in [2.45, 2.75) is 26.3 Å². The van der Waals surface area contributed by atoms with Crippen LogP contribution in [0.15, 0.2) is 22.9 Å². The Morgan fingerprint density at radius 1 is 1.44 bits per heavy atom. The third-order valence-electron chi connectivity index (χ3n) is 2.40. The fourth-order valence-electron chi connectivity index (χ4n) is 1.46. The fraction of sp³-hybridized carbons (Fsp3) is 0.417. The molecule has 2 rings (SSSR count). The van der Waals surface area contributed by atoms with E-state index < -0.39 is 0 Å². The number of aromatic nitrogens is 1. The molecule has 0 saturated heterocycles. The highest BCUT2D eigenvalue weighted by atomic mass is 32.1. The molecule has 0 amide bonds. The summed E-state index contributed by atoms with van der Waals surface area (Å²) in [6.07, 6.45) is 1.16. The SMILES string of the molecule is CCCNC(C)c1csc(-c2cccs2)n1. The maximum absolute atomic E-state index is 4.67. The number of hydrogen-bond donors (Lipinski definition) is 1. The van der Waals surface area contributed by atoms with Crippen LogP contribution in [0.4, 0.5) is 0 Å². The Hall–Kier alpha value is -0.710. The topological polar surface area (TPSA) is 24.9 Å². The maximum Gasteiger partial charge on any atom is 0.133 e. The second-order valence-electron chi connectivity index (χ2n) is 3.73. The Labute approximate surface area is 104 Å². The molecule has 1 N–H and O–H groups in total. The summed E-state index contributed by atoms with van der Waals surface area (Å²) in [5.41, 5.74) is 1.15. The molecule has 2 aromatic rings. The highest BCUT2D eigenvalue weighted by Gasteiger charge is 2.10. The second kappa shape index (κ2) is 5.57. The molecular weight excluding hydrogens is 236 g/mol. The normalized spacial score (nSPS) is 12.9. The van der Waals surface area contributed by atoms with Crippen molar-refractivity contribution < 1.29 is 0 Å². The van der Waals surface area contributed by atoms with E-state index in [2.05, 4.69) is 47.0 Å². The van der Waals surface area contributed by atoms with Crippen molar-refractivity contribution in [2.75, 3.05) is 6.54 Å². The van der Waals surface area contributed by atoms with Crippen molar-refractivity contribution in [1.29, 1.82) is 0 Å². The summed E-state index contributed by atoms with van der Waals surface area (Å²) in [5.74, 6) is 0. The molecule has 2 nitrogen and oxygen atoms in total. The van der Waals surface area contributed by atoms with Crippen LogP contribution in [0, 0.1) is 0 Å². The highest BCUT2D eigenvalue weighted by Crippen LogP contribution is 2.29. The van der Waals surface area contributed by atoms with Gasteiger partial charge in [0.05, 0.1) is 10.6 Å². The lowest BCUT2D eigenvalue weighted by Gasteiger charge is -2.09. The Balaban J connectivity index is 2.07. The van der Waals surface area contributed by atoms with Gasteiger partial charge in [-0.1, -0.05) is 13.0 Å². The molecule has 0 aliphatic heterocycles. The minimum Gasteiger partial charge on any atom is -0.309 e. The summed E-state index contributed by atoms with van der Waals surface area (Å²) >= 11 is 3.47. The Morgan fingerprint density at radius 3 is 3.00 bits per heavy atom. The number of hydrogen-bond acceptors (Lipinski definition) is 4. The van der Waals surface area contributed by atoms with Crippen LogP contribution >= 0.6 is 22.7 Å². The van der Waals surface area contributed by atoms with Gasteiger partial charge in [0.25, 0.3) is 0 Å². The van der Waals surface area contributed by atoms with Crippen molar-refractivity contribution in [1.82, 2.24) is 10.3 Å². The van der Waals surface area contributed by atoms with Gasteiger partial charge in [-0.2, -0.15) is 0 Å². The average molecular weight is 252 g/mol. The zero-order valence-electron chi connectivity index (χ0n) is 9.56. The summed E-state index contributed by atoms with van der Waals surface area (Å²) in [6, 6.07) is 4.54. The first-order valence-corrected chi connectivity index (χ1v) is 7.30. The van der Waals surface area contributed by atoms with Crippen LogP contribution in [-0.2, 0) is 0 Å². The van der Waals surface area contributed by atoms with E-state index in [9.17, 15) is 0 Å². The first kappa shape index (κ1) is 11.8. The van der Waals surface area contributed by atoms with Crippen molar-refractivity contribution >= 4 is 22.7 Å². The second-order valence-corrected chi connectivity index (χ2v) is 5.54. The minimum absolute atomic E-state index is 0.352. The van der Waals surface area contributed by atoms with Crippen LogP contribution in [0.5, 0.6) is 0 Å². The number of nitrogens with one attached hydrogen (secondary N) is 1. The van der Waals surface area contributed by atoms with Gasteiger partial charge in [-0.05, 0) is 31.3 Å². The molecule has 2 aromatic heterocycles. The fourth-order valence-corrected chi connectivity index (χ4v) is 3.19. The van der Waals surface area contributed by atoms with Gasteiger partial charge >= 0.3 is 0 Å². The van der Waals surface area contributed by atoms with Gasteiger partial charge in [-0.3, -0.25) is 0 Å². The van der Waals surface area contributed by atoms with Gasteiger partial charge in [0, 0.05) is 11.4 Å². The van der Waals surface area contributed by atoms with E-state index in [0.29, 0.717) is 6.04 Å². The lowest BCUT2D eigenvalue weighted by Crippen LogP contribution is -2.19. The number of thiophene rings is 1. The summed E-state index contributed by atoms with van der Waals surface area (Å²) in [7, 11) is 0. The molecule has 0 aliphatic rings. The molecule has 0 aliphatic carbocycles. The summed E-state index contributed by atoms with van der Waals surface area (Å²) in [5, 5.41) is 8.84. The van der Waals surface area contributed by atoms with Crippen LogP contribution in [0.1, 0.15) is 32.0 Å². The largest absolute Gasteiger partial charge is 0.309 e. The smallest absolute Gasteiger partial charge is 0.133 e. The molecule has 86 valence electrons. The van der Waals surface area contributed by atoms with Gasteiger partial charge in [0.1, 0.15) is 5.01 Å². The minimum atomic E-state index is 0.352. The van der Waals surface area contributed by atoms with Crippen LogP contribution in [0.2, 0.25) is 0 Å². The highest BCUT2D eigenvalue weighted by molar-refractivity contribution is 7.20. The van der Waals surface area contributed by atoms with E-state index >= 15 is 0 Å². The molecule has 0 fully saturated rings. The van der Waals surface area contributed by atoms with Gasteiger partial charge in [-0.25, -0.2) is 4.98 Å². The number of rotatable bonds is 5. The predicted molar refractivity (Wildman–Crippen MR) is 72.1 cm³/mol. The molecule has 0 radical (unpaired) electrons. The standard InChI is InChI=1S/C12H16N2S2/c1-3-6-13-9(2)10-8-16-12(14-10)11-5-4-7-15-11/h4-5,7-9,13H,3,6H2,1-2H3. The van der Waals surface area contributed by atoms with Gasteiger partial charge in [0.2, 0.25) is 0 Å². The van der Waals surface area contributed by atoms with Crippen molar-refractivity contribution in [3.63, 3.8) is 0 Å². The van der Waals surface area contributed by atoms with Crippen LogP contribution in [-0.4, -0.2) is 11.5 Å². The monoisotopic (exact) mass is 252 g/mol. The molecule has 0 spiro atoms. The molecule has 16 heavy (non-hydrogen) atoms. The molecule has 0 saturated carbocycles. The first-order chi connectivity index (χ1) is 7.81. The van der Waals surface area contributed by atoms with E-state index in [1.54, 1.807) is 22.7 Å². The lowest BCUT2D eigenvalue weighted by atomic mass is 10.2. The van der Waals surface area contributed by atoms with Crippen molar-refractivity contribution in [2.24, 2.45) is 0 Å². The maximum atomic E-state index is 4.67. The lowest BCUT2D eigenvalue weighted by molar-refractivity contribution is 0.561. The summed E-state index contributed by atoms with van der Waals surface area (Å²) in [6.45, 7) is 5.40. The predicted octanol–water partition coefficient (Wildman–Crippen LogP) is 3.93. The summed E-state index contributed by atoms with van der Waals surface area (Å²) in [4.78, 5) is 5.93. The third kappa shape index (κ3) is 2.70. The van der Waals surface area contributed by atoms with E-state index in [1.807, 2.05) is 0 Å². The van der Waals surface area contributed by atoms with Crippen molar-refractivity contribution in [3.8, 4) is 9.88 Å². The van der Waals surface area contributed by atoms with E-state index in [-0.39, 0.29) is 0 Å². The first-order valence-electron chi connectivity index (χ1n) is 5.54. The molecule has 4 heteroatoms. The molecule has 2 heterocycles.